The molecule has 0 aliphatic carbocycles. The van der Waals surface area contributed by atoms with Crippen molar-refractivity contribution in [2.24, 2.45) is 7.05 Å². The predicted octanol–water partition coefficient (Wildman–Crippen LogP) is 3.44. The van der Waals surface area contributed by atoms with Crippen molar-refractivity contribution in [2.75, 3.05) is 16.9 Å². The Balaban J connectivity index is 2.08. The fourth-order valence-corrected chi connectivity index (χ4v) is 2.25. The summed E-state index contributed by atoms with van der Waals surface area (Å²) >= 11 is 7.47. The Morgan fingerprint density at radius 1 is 1.42 bits per heavy atom. The molecule has 2 amide bonds. The van der Waals surface area contributed by atoms with Crippen LogP contribution >= 0.6 is 23.4 Å². The number of hydrogen-bond donors (Lipinski definition) is 2. The van der Waals surface area contributed by atoms with E-state index in [0.29, 0.717) is 16.4 Å². The van der Waals surface area contributed by atoms with E-state index in [9.17, 15) is 4.79 Å². The van der Waals surface area contributed by atoms with Crippen LogP contribution in [0.3, 0.4) is 0 Å². The first-order valence-corrected chi connectivity index (χ1v) is 7.09. The zero-order valence-electron chi connectivity index (χ0n) is 10.5. The van der Waals surface area contributed by atoms with Gasteiger partial charge in [-0.15, -0.1) is 11.8 Å². The molecule has 1 aromatic heterocycles. The summed E-state index contributed by atoms with van der Waals surface area (Å²) < 4.78 is 1.61. The van der Waals surface area contributed by atoms with Crippen molar-refractivity contribution >= 4 is 40.8 Å². The van der Waals surface area contributed by atoms with Crippen LogP contribution in [-0.4, -0.2) is 22.1 Å². The summed E-state index contributed by atoms with van der Waals surface area (Å²) in [6, 6.07) is 5.05. The lowest BCUT2D eigenvalue weighted by molar-refractivity contribution is 0.262. The van der Waals surface area contributed by atoms with Gasteiger partial charge in [-0.25, -0.2) is 4.79 Å². The normalized spacial score (nSPS) is 10.3. The minimum Gasteiger partial charge on any atom is -0.307 e. The number of thioether (sulfide) groups is 1. The van der Waals surface area contributed by atoms with Gasteiger partial charge in [0.05, 0.1) is 17.6 Å². The van der Waals surface area contributed by atoms with E-state index in [0.717, 1.165) is 4.90 Å². The van der Waals surface area contributed by atoms with Gasteiger partial charge >= 0.3 is 6.03 Å². The van der Waals surface area contributed by atoms with Crippen LogP contribution in [0.5, 0.6) is 0 Å². The van der Waals surface area contributed by atoms with Crippen molar-refractivity contribution in [3.8, 4) is 0 Å². The van der Waals surface area contributed by atoms with Gasteiger partial charge in [0.15, 0.2) is 0 Å². The van der Waals surface area contributed by atoms with Gasteiger partial charge in [0.1, 0.15) is 0 Å². The van der Waals surface area contributed by atoms with Crippen LogP contribution in [0.2, 0.25) is 5.02 Å². The number of aromatic nitrogens is 2. The van der Waals surface area contributed by atoms with Gasteiger partial charge in [-0.05, 0) is 24.5 Å². The molecule has 1 aromatic carbocycles. The molecule has 0 aliphatic rings. The van der Waals surface area contributed by atoms with Crippen LogP contribution in [0.4, 0.5) is 16.2 Å². The van der Waals surface area contributed by atoms with Gasteiger partial charge in [0, 0.05) is 23.2 Å². The van der Waals surface area contributed by atoms with Gasteiger partial charge in [0.25, 0.3) is 0 Å². The Morgan fingerprint density at radius 3 is 2.84 bits per heavy atom. The van der Waals surface area contributed by atoms with Crippen LogP contribution < -0.4 is 10.6 Å². The van der Waals surface area contributed by atoms with Crippen LogP contribution in [-0.2, 0) is 7.05 Å². The van der Waals surface area contributed by atoms with Crippen LogP contribution in [0, 0.1) is 0 Å². The molecule has 2 N–H and O–H groups in total. The van der Waals surface area contributed by atoms with Crippen LogP contribution in [0.15, 0.2) is 35.5 Å². The maximum atomic E-state index is 11.9. The second-order valence-corrected chi connectivity index (χ2v) is 5.11. The molecule has 0 aliphatic heterocycles. The van der Waals surface area contributed by atoms with E-state index in [1.807, 2.05) is 12.3 Å². The average Bonchev–Trinajstić information content (AvgIpc) is 2.75. The average molecular weight is 297 g/mol. The third-order valence-electron chi connectivity index (χ3n) is 2.37. The van der Waals surface area contributed by atoms with Gasteiger partial charge in [-0.2, -0.15) is 5.10 Å². The third-order valence-corrected chi connectivity index (χ3v) is 3.40. The quantitative estimate of drug-likeness (QED) is 0.853. The number of hydrogen-bond acceptors (Lipinski definition) is 3. The maximum absolute atomic E-state index is 11.9. The molecule has 100 valence electrons. The van der Waals surface area contributed by atoms with E-state index in [1.165, 1.54) is 11.8 Å². The Kier molecular flexibility index (Phi) is 4.34. The molecule has 7 heteroatoms. The molecule has 0 saturated heterocycles. The lowest BCUT2D eigenvalue weighted by atomic mass is 10.3. The Hall–Kier alpha value is -1.66. The van der Waals surface area contributed by atoms with Crippen LogP contribution in [0.25, 0.3) is 0 Å². The van der Waals surface area contributed by atoms with Crippen molar-refractivity contribution in [1.82, 2.24) is 9.78 Å². The SMILES string of the molecule is CSc1ccc(Cl)cc1NC(=O)Nc1cnn(C)c1. The number of anilines is 2. The highest BCUT2D eigenvalue weighted by molar-refractivity contribution is 7.98. The van der Waals surface area contributed by atoms with E-state index in [4.69, 9.17) is 11.6 Å². The number of halogens is 1. The maximum Gasteiger partial charge on any atom is 0.323 e. The third kappa shape index (κ3) is 3.65. The zero-order valence-corrected chi connectivity index (χ0v) is 12.0. The lowest BCUT2D eigenvalue weighted by Gasteiger charge is -2.10. The van der Waals surface area contributed by atoms with Crippen LogP contribution in [0.1, 0.15) is 0 Å². The predicted molar refractivity (Wildman–Crippen MR) is 79.1 cm³/mol. The molecular formula is C12H13ClN4OS. The number of carbonyl (C=O) groups is 1. The molecule has 2 aromatic rings. The summed E-state index contributed by atoms with van der Waals surface area (Å²) in [6.07, 6.45) is 5.23. The van der Waals surface area contributed by atoms with Crippen molar-refractivity contribution in [1.29, 1.82) is 0 Å². The molecule has 0 atom stereocenters. The van der Waals surface area contributed by atoms with Gasteiger partial charge in [-0.1, -0.05) is 11.6 Å². The molecule has 5 nitrogen and oxygen atoms in total. The summed E-state index contributed by atoms with van der Waals surface area (Å²) in [5, 5.41) is 10.0. The monoisotopic (exact) mass is 296 g/mol. The fraction of sp³-hybridized carbons (Fsp3) is 0.167. The van der Waals surface area contributed by atoms with E-state index in [-0.39, 0.29) is 6.03 Å². The number of urea groups is 1. The minimum absolute atomic E-state index is 0.328. The van der Waals surface area contributed by atoms with E-state index < -0.39 is 0 Å². The number of carbonyl (C=O) groups excluding carboxylic acids is 1. The highest BCUT2D eigenvalue weighted by atomic mass is 35.5. The van der Waals surface area contributed by atoms with E-state index >= 15 is 0 Å². The highest BCUT2D eigenvalue weighted by Gasteiger charge is 2.08. The number of amides is 2. The topological polar surface area (TPSA) is 59.0 Å². The summed E-state index contributed by atoms with van der Waals surface area (Å²) in [5.41, 5.74) is 1.31. The van der Waals surface area contributed by atoms with Gasteiger partial charge < -0.3 is 10.6 Å². The standard InChI is InChI=1S/C12H13ClN4OS/c1-17-7-9(6-14-17)15-12(18)16-10-5-8(13)3-4-11(10)19-2/h3-7H,1-2H3,(H2,15,16,18). The van der Waals surface area contributed by atoms with Crippen molar-refractivity contribution < 1.29 is 4.79 Å². The first kappa shape index (κ1) is 13.8. The minimum atomic E-state index is -0.328. The second kappa shape index (κ2) is 5.99. The molecule has 0 fully saturated rings. The molecule has 0 spiro atoms. The second-order valence-electron chi connectivity index (χ2n) is 3.83. The van der Waals surface area contributed by atoms with E-state index in [1.54, 1.807) is 36.3 Å². The van der Waals surface area contributed by atoms with E-state index in [2.05, 4.69) is 15.7 Å². The number of nitrogens with zero attached hydrogens (tertiary/aromatic N) is 2. The Bertz CT molecular complexity index is 599. The fourth-order valence-electron chi connectivity index (χ4n) is 1.55. The smallest absolute Gasteiger partial charge is 0.307 e. The molecule has 19 heavy (non-hydrogen) atoms. The first-order valence-electron chi connectivity index (χ1n) is 5.48. The number of aryl methyl sites for hydroxylation is 1. The number of nitrogens with one attached hydrogen (secondary N) is 2. The molecule has 2 rings (SSSR count). The summed E-state index contributed by atoms with van der Waals surface area (Å²) in [4.78, 5) is 12.8. The molecule has 0 unspecified atom stereocenters. The molecule has 1 heterocycles. The lowest BCUT2D eigenvalue weighted by Crippen LogP contribution is -2.19. The Labute approximate surface area is 120 Å². The summed E-state index contributed by atoms with van der Waals surface area (Å²) in [5.74, 6) is 0. The molecule has 0 bridgehead atoms. The summed E-state index contributed by atoms with van der Waals surface area (Å²) in [7, 11) is 1.78. The van der Waals surface area contributed by atoms with Crippen molar-refractivity contribution in [2.45, 2.75) is 4.90 Å². The molecule has 0 saturated carbocycles. The number of rotatable bonds is 3. The van der Waals surface area contributed by atoms with Gasteiger partial charge in [-0.3, -0.25) is 4.68 Å². The summed E-state index contributed by atoms with van der Waals surface area (Å²) in [6.45, 7) is 0. The largest absolute Gasteiger partial charge is 0.323 e. The highest BCUT2D eigenvalue weighted by Crippen LogP contribution is 2.28. The number of benzene rings is 1. The van der Waals surface area contributed by atoms with Crippen molar-refractivity contribution in [3.63, 3.8) is 0 Å². The Morgan fingerprint density at radius 2 is 2.21 bits per heavy atom. The molecule has 0 radical (unpaired) electrons. The zero-order chi connectivity index (χ0) is 13.8. The van der Waals surface area contributed by atoms with Gasteiger partial charge in [0.2, 0.25) is 0 Å². The first-order chi connectivity index (χ1) is 9.08. The molecular weight excluding hydrogens is 284 g/mol. The van der Waals surface area contributed by atoms with Crippen molar-refractivity contribution in [3.05, 3.63) is 35.6 Å².